The molecule has 176 valence electrons. The molecule has 2 heterocycles. The minimum absolute atomic E-state index is 0.0129. The number of ketones is 1. The molecule has 0 saturated carbocycles. The summed E-state index contributed by atoms with van der Waals surface area (Å²) < 4.78 is 28.1. The molecule has 3 N–H and O–H groups in total. The van der Waals surface area contributed by atoms with Gasteiger partial charge in [0, 0.05) is 0 Å². The fourth-order valence-corrected chi connectivity index (χ4v) is 3.55. The summed E-state index contributed by atoms with van der Waals surface area (Å²) in [5.74, 6) is -0.728. The Kier molecular flexibility index (Phi) is 7.58. The Morgan fingerprint density at radius 3 is 2.32 bits per heavy atom. The topological polar surface area (TPSA) is 112 Å². The maximum Gasteiger partial charge on any atom is 0.218 e. The minimum Gasteiger partial charge on any atom is -0.388 e. The van der Waals surface area contributed by atoms with E-state index >= 15 is 4.39 Å². The maximum atomic E-state index is 15.6. The molecule has 0 saturated heterocycles. The van der Waals surface area contributed by atoms with Gasteiger partial charge in [0.05, 0.1) is 19.8 Å². The van der Waals surface area contributed by atoms with E-state index in [-0.39, 0.29) is 31.3 Å². The number of fused-ring (bicyclic) bond motifs is 1. The number of benzene rings is 2. The maximum absolute atomic E-state index is 15.6. The predicted octanol–water partition coefficient (Wildman–Crippen LogP) is 3.00. The van der Waals surface area contributed by atoms with Crippen LogP contribution in [-0.4, -0.2) is 50.5 Å². The van der Waals surface area contributed by atoms with Crippen LogP contribution < -0.4 is 5.73 Å². The number of carbonyl (C=O) groups excluding carboxylic acids is 1. The van der Waals surface area contributed by atoms with Gasteiger partial charge in [-0.2, -0.15) is 5.10 Å². The standard InChI is InChI=1S/C25H25FN4O4/c26-22(23(32)19-11-12-20-25(27)28-16-29-30(19)20)24(34-14-18-9-5-2-6-10-18)21(31)15-33-13-17-7-3-1-4-8-17/h1-12,16,21-22,24,31H,13-15H2,(H2,27,28,29)/t21-,22+,24-/m1/s1. The second-order valence-corrected chi connectivity index (χ2v) is 7.76. The van der Waals surface area contributed by atoms with Crippen molar-refractivity contribution in [3.63, 3.8) is 0 Å². The average molecular weight is 464 g/mol. The molecule has 0 aliphatic heterocycles. The smallest absolute Gasteiger partial charge is 0.218 e. The van der Waals surface area contributed by atoms with Crippen LogP contribution in [0.2, 0.25) is 0 Å². The molecule has 2 aromatic carbocycles. The van der Waals surface area contributed by atoms with E-state index in [4.69, 9.17) is 15.2 Å². The van der Waals surface area contributed by atoms with E-state index < -0.39 is 24.2 Å². The van der Waals surface area contributed by atoms with Gasteiger partial charge in [0.2, 0.25) is 5.78 Å². The van der Waals surface area contributed by atoms with Gasteiger partial charge >= 0.3 is 0 Å². The summed E-state index contributed by atoms with van der Waals surface area (Å²) in [7, 11) is 0. The number of nitrogens with two attached hydrogens (primary N) is 1. The number of halogens is 1. The van der Waals surface area contributed by atoms with Crippen LogP contribution in [0, 0.1) is 0 Å². The van der Waals surface area contributed by atoms with Crippen LogP contribution in [0.15, 0.2) is 79.1 Å². The lowest BCUT2D eigenvalue weighted by Gasteiger charge is -2.26. The highest BCUT2D eigenvalue weighted by Crippen LogP contribution is 2.20. The van der Waals surface area contributed by atoms with E-state index in [0.29, 0.717) is 5.52 Å². The number of hydrogen-bond acceptors (Lipinski definition) is 7. The molecule has 9 heteroatoms. The summed E-state index contributed by atoms with van der Waals surface area (Å²) in [6.45, 7) is 0.0266. The van der Waals surface area contributed by atoms with Gasteiger partial charge in [-0.1, -0.05) is 60.7 Å². The van der Waals surface area contributed by atoms with Crippen molar-refractivity contribution in [1.82, 2.24) is 14.6 Å². The molecule has 0 fully saturated rings. The third-order valence-electron chi connectivity index (χ3n) is 5.34. The van der Waals surface area contributed by atoms with Crippen LogP contribution in [0.3, 0.4) is 0 Å². The summed E-state index contributed by atoms with van der Waals surface area (Å²) in [5.41, 5.74) is 7.85. The molecule has 0 aliphatic rings. The number of alkyl halides is 1. The third-order valence-corrected chi connectivity index (χ3v) is 5.34. The van der Waals surface area contributed by atoms with Gasteiger partial charge < -0.3 is 20.3 Å². The van der Waals surface area contributed by atoms with Crippen LogP contribution in [0.25, 0.3) is 5.52 Å². The number of anilines is 1. The lowest BCUT2D eigenvalue weighted by atomic mass is 10.0. The minimum atomic E-state index is -2.17. The van der Waals surface area contributed by atoms with Crippen LogP contribution in [0.4, 0.5) is 10.2 Å². The molecular formula is C25H25FN4O4. The van der Waals surface area contributed by atoms with Crippen molar-refractivity contribution in [2.24, 2.45) is 0 Å². The van der Waals surface area contributed by atoms with Crippen molar-refractivity contribution < 1.29 is 23.8 Å². The van der Waals surface area contributed by atoms with Crippen LogP contribution >= 0.6 is 0 Å². The number of aliphatic hydroxyl groups excluding tert-OH is 1. The van der Waals surface area contributed by atoms with Gasteiger partial charge in [0.1, 0.15) is 29.7 Å². The lowest BCUT2D eigenvalue weighted by molar-refractivity contribution is -0.102. The zero-order valence-electron chi connectivity index (χ0n) is 18.3. The zero-order chi connectivity index (χ0) is 23.9. The van der Waals surface area contributed by atoms with Crippen molar-refractivity contribution in [3.8, 4) is 0 Å². The Hall–Kier alpha value is -3.66. The number of hydrogen-bond donors (Lipinski definition) is 2. The predicted molar refractivity (Wildman–Crippen MR) is 124 cm³/mol. The average Bonchev–Trinajstić information content (AvgIpc) is 3.30. The summed E-state index contributed by atoms with van der Waals surface area (Å²) >= 11 is 0. The quantitative estimate of drug-likeness (QED) is 0.328. The van der Waals surface area contributed by atoms with Crippen molar-refractivity contribution in [2.75, 3.05) is 12.3 Å². The molecule has 3 atom stereocenters. The van der Waals surface area contributed by atoms with E-state index in [9.17, 15) is 9.90 Å². The highest BCUT2D eigenvalue weighted by Gasteiger charge is 2.37. The van der Waals surface area contributed by atoms with Gasteiger partial charge in [-0.15, -0.1) is 0 Å². The lowest BCUT2D eigenvalue weighted by Crippen LogP contribution is -2.44. The highest BCUT2D eigenvalue weighted by molar-refractivity contribution is 5.99. The first-order chi connectivity index (χ1) is 16.5. The number of aliphatic hydroxyl groups is 1. The van der Waals surface area contributed by atoms with E-state index in [2.05, 4.69) is 10.1 Å². The monoisotopic (exact) mass is 464 g/mol. The van der Waals surface area contributed by atoms with E-state index in [1.165, 1.54) is 23.0 Å². The normalized spacial score (nSPS) is 14.1. The fraction of sp³-hybridized carbons (Fsp3) is 0.240. The van der Waals surface area contributed by atoms with Crippen LogP contribution in [-0.2, 0) is 22.7 Å². The summed E-state index contributed by atoms with van der Waals surface area (Å²) in [6, 6.07) is 21.4. The number of aromatic nitrogens is 3. The van der Waals surface area contributed by atoms with Gasteiger partial charge in [-0.05, 0) is 23.3 Å². The Morgan fingerprint density at radius 2 is 1.65 bits per heavy atom. The Labute approximate surface area is 195 Å². The molecule has 0 aliphatic carbocycles. The van der Waals surface area contributed by atoms with Gasteiger partial charge in [0.15, 0.2) is 12.0 Å². The molecule has 0 amide bonds. The second-order valence-electron chi connectivity index (χ2n) is 7.76. The van der Waals surface area contributed by atoms with E-state index in [0.717, 1.165) is 11.1 Å². The molecule has 4 aromatic rings. The first-order valence-electron chi connectivity index (χ1n) is 10.8. The van der Waals surface area contributed by atoms with Crippen molar-refractivity contribution in [1.29, 1.82) is 0 Å². The van der Waals surface area contributed by atoms with Gasteiger partial charge in [-0.25, -0.2) is 13.9 Å². The number of rotatable bonds is 11. The number of nitrogens with zero attached hydrogens (tertiary/aromatic N) is 3. The van der Waals surface area contributed by atoms with Gasteiger partial charge in [-0.3, -0.25) is 4.79 Å². The molecule has 2 aromatic heterocycles. The van der Waals surface area contributed by atoms with Crippen molar-refractivity contribution >= 4 is 17.1 Å². The molecule has 0 bridgehead atoms. The van der Waals surface area contributed by atoms with E-state index in [1.807, 2.05) is 60.7 Å². The molecular weight excluding hydrogens is 439 g/mol. The van der Waals surface area contributed by atoms with Crippen LogP contribution in [0.1, 0.15) is 21.6 Å². The Morgan fingerprint density at radius 1 is 1.00 bits per heavy atom. The zero-order valence-corrected chi connectivity index (χ0v) is 18.3. The second kappa shape index (κ2) is 11.0. The largest absolute Gasteiger partial charge is 0.388 e. The molecule has 8 nitrogen and oxygen atoms in total. The van der Waals surface area contributed by atoms with Crippen LogP contribution in [0.5, 0.6) is 0 Å². The summed E-state index contributed by atoms with van der Waals surface area (Å²) in [5, 5.41) is 14.7. The molecule has 0 unspecified atom stereocenters. The van der Waals surface area contributed by atoms with Crippen molar-refractivity contribution in [2.45, 2.75) is 31.6 Å². The number of ether oxygens (including phenoxy) is 2. The molecule has 4 rings (SSSR count). The Balaban J connectivity index is 1.50. The first kappa shape index (κ1) is 23.5. The Bertz CT molecular complexity index is 1220. The summed E-state index contributed by atoms with van der Waals surface area (Å²) in [4.78, 5) is 16.9. The SMILES string of the molecule is Nc1ncnn2c(C(=O)[C@H](F)[C@H](OCc3ccccc3)[C@H](O)COCc3ccccc3)ccc12. The number of nitrogen functional groups attached to an aromatic ring is 1. The highest BCUT2D eigenvalue weighted by atomic mass is 19.1. The molecule has 0 radical (unpaired) electrons. The third kappa shape index (κ3) is 5.45. The molecule has 34 heavy (non-hydrogen) atoms. The number of Topliss-reactive ketones (excluding diaryl/α,β-unsaturated/α-hetero) is 1. The van der Waals surface area contributed by atoms with Crippen molar-refractivity contribution in [3.05, 3.63) is 95.9 Å². The summed E-state index contributed by atoms with van der Waals surface area (Å²) in [6.07, 6.45) is -3.85. The fourth-order valence-electron chi connectivity index (χ4n) is 3.55. The molecule has 0 spiro atoms. The van der Waals surface area contributed by atoms with E-state index in [1.54, 1.807) is 0 Å². The number of carbonyl (C=O) groups is 1. The first-order valence-corrected chi connectivity index (χ1v) is 10.8. The van der Waals surface area contributed by atoms with Gasteiger partial charge in [0.25, 0.3) is 0 Å².